The number of hydrogen-bond acceptors (Lipinski definition) is 5. The first-order valence-electron chi connectivity index (χ1n) is 10.1. The van der Waals surface area contributed by atoms with Gasteiger partial charge in [0.25, 0.3) is 15.9 Å². The van der Waals surface area contributed by atoms with Gasteiger partial charge in [-0.05, 0) is 60.0 Å². The van der Waals surface area contributed by atoms with E-state index < -0.39 is 10.0 Å². The summed E-state index contributed by atoms with van der Waals surface area (Å²) in [5, 5.41) is 4.47. The summed E-state index contributed by atoms with van der Waals surface area (Å²) in [7, 11) is -2.31. The van der Waals surface area contributed by atoms with Gasteiger partial charge in [-0.25, -0.2) is 8.42 Å². The minimum atomic E-state index is -3.89. The molecule has 0 spiro atoms. The van der Waals surface area contributed by atoms with Crippen molar-refractivity contribution in [2.45, 2.75) is 23.8 Å². The molecule has 7 nitrogen and oxygen atoms in total. The molecular formula is C23H24N2O5S. The Morgan fingerprint density at radius 2 is 1.87 bits per heavy atom. The molecule has 8 heteroatoms. The number of fused-ring (bicyclic) bond motifs is 1. The number of anilines is 1. The summed E-state index contributed by atoms with van der Waals surface area (Å²) in [4.78, 5) is 12.8. The van der Waals surface area contributed by atoms with Gasteiger partial charge in [0, 0.05) is 13.2 Å². The average Bonchev–Trinajstić information content (AvgIpc) is 3.30. The largest absolute Gasteiger partial charge is 0.497 e. The number of sulfonamides is 1. The first kappa shape index (κ1) is 21.1. The number of methoxy groups -OCH3 is 1. The van der Waals surface area contributed by atoms with Gasteiger partial charge in [0.15, 0.2) is 0 Å². The summed E-state index contributed by atoms with van der Waals surface area (Å²) >= 11 is 0. The highest BCUT2D eigenvalue weighted by atomic mass is 32.2. The fraction of sp³-hybridized carbons (Fsp3) is 0.261. The third-order valence-corrected chi connectivity index (χ3v) is 6.62. The monoisotopic (exact) mass is 440 g/mol. The maximum Gasteiger partial charge on any atom is 0.261 e. The third-order valence-electron chi connectivity index (χ3n) is 5.26. The number of para-hydroxylation sites is 1. The number of amides is 1. The van der Waals surface area contributed by atoms with E-state index in [2.05, 4.69) is 10.0 Å². The minimum absolute atomic E-state index is 0.00373. The number of nitrogens with one attached hydrogen (secondary N) is 2. The van der Waals surface area contributed by atoms with Crippen molar-refractivity contribution >= 4 is 32.4 Å². The molecule has 2 N–H and O–H groups in total. The van der Waals surface area contributed by atoms with Crippen LogP contribution in [-0.2, 0) is 14.8 Å². The zero-order valence-electron chi connectivity index (χ0n) is 17.1. The predicted octanol–water partition coefficient (Wildman–Crippen LogP) is 3.56. The van der Waals surface area contributed by atoms with Crippen LogP contribution in [0.2, 0.25) is 0 Å². The molecule has 0 aliphatic carbocycles. The molecule has 1 saturated heterocycles. The molecule has 1 aliphatic heterocycles. The highest BCUT2D eigenvalue weighted by Crippen LogP contribution is 2.26. The van der Waals surface area contributed by atoms with Gasteiger partial charge in [0.1, 0.15) is 5.75 Å². The molecule has 1 amide bonds. The normalized spacial score (nSPS) is 16.2. The van der Waals surface area contributed by atoms with E-state index >= 15 is 0 Å². The van der Waals surface area contributed by atoms with Crippen LogP contribution in [0.15, 0.2) is 65.6 Å². The molecule has 1 fully saturated rings. The summed E-state index contributed by atoms with van der Waals surface area (Å²) in [6.07, 6.45) is 1.89. The smallest absolute Gasteiger partial charge is 0.261 e. The predicted molar refractivity (Wildman–Crippen MR) is 119 cm³/mol. The SMILES string of the molecule is COc1ccc2cc(S(=O)(=O)Nc3ccccc3C(=O)NC[C@H]3CCCO3)ccc2c1. The molecule has 162 valence electrons. The van der Waals surface area contributed by atoms with Crippen molar-refractivity contribution in [3.63, 3.8) is 0 Å². The van der Waals surface area contributed by atoms with E-state index in [0.29, 0.717) is 18.9 Å². The number of carbonyl (C=O) groups excluding carboxylic acids is 1. The van der Waals surface area contributed by atoms with Crippen molar-refractivity contribution in [1.29, 1.82) is 0 Å². The molecule has 3 aromatic carbocycles. The Kier molecular flexibility index (Phi) is 6.11. The first-order chi connectivity index (χ1) is 15.0. The van der Waals surface area contributed by atoms with Gasteiger partial charge in [0.05, 0.1) is 29.4 Å². The lowest BCUT2D eigenvalue weighted by Crippen LogP contribution is -2.32. The van der Waals surface area contributed by atoms with Gasteiger partial charge >= 0.3 is 0 Å². The van der Waals surface area contributed by atoms with E-state index in [1.807, 2.05) is 6.07 Å². The fourth-order valence-electron chi connectivity index (χ4n) is 3.58. The molecule has 0 aromatic heterocycles. The van der Waals surface area contributed by atoms with Gasteiger partial charge in [0.2, 0.25) is 0 Å². The van der Waals surface area contributed by atoms with Crippen LogP contribution in [0.1, 0.15) is 23.2 Å². The van der Waals surface area contributed by atoms with Gasteiger partial charge in [-0.2, -0.15) is 0 Å². The molecule has 4 rings (SSSR count). The lowest BCUT2D eigenvalue weighted by Gasteiger charge is -2.15. The molecule has 0 unspecified atom stereocenters. The van der Waals surface area contributed by atoms with Crippen molar-refractivity contribution in [3.8, 4) is 5.75 Å². The second-order valence-electron chi connectivity index (χ2n) is 7.37. The van der Waals surface area contributed by atoms with E-state index in [4.69, 9.17) is 9.47 Å². The summed E-state index contributed by atoms with van der Waals surface area (Å²) < 4.78 is 39.3. The Labute approximate surface area is 181 Å². The molecule has 0 saturated carbocycles. The number of ether oxygens (including phenoxy) is 2. The molecule has 31 heavy (non-hydrogen) atoms. The topological polar surface area (TPSA) is 93.7 Å². The molecule has 1 aliphatic rings. The zero-order valence-corrected chi connectivity index (χ0v) is 17.9. The van der Waals surface area contributed by atoms with Crippen molar-refractivity contribution < 1.29 is 22.7 Å². The lowest BCUT2D eigenvalue weighted by molar-refractivity contribution is 0.0858. The van der Waals surface area contributed by atoms with Crippen LogP contribution in [-0.4, -0.2) is 40.7 Å². The summed E-state index contributed by atoms with van der Waals surface area (Å²) in [6.45, 7) is 1.10. The van der Waals surface area contributed by atoms with E-state index in [0.717, 1.165) is 23.6 Å². The zero-order chi connectivity index (χ0) is 21.8. The first-order valence-corrected chi connectivity index (χ1v) is 11.5. The average molecular weight is 441 g/mol. The van der Waals surface area contributed by atoms with Crippen molar-refractivity contribution in [3.05, 3.63) is 66.2 Å². The van der Waals surface area contributed by atoms with Crippen LogP contribution >= 0.6 is 0 Å². The number of carbonyl (C=O) groups is 1. The molecule has 3 aromatic rings. The Balaban J connectivity index is 1.55. The summed E-state index contributed by atoms with van der Waals surface area (Å²) in [6, 6.07) is 16.8. The van der Waals surface area contributed by atoms with E-state index in [9.17, 15) is 13.2 Å². The Morgan fingerprint density at radius 1 is 1.10 bits per heavy atom. The van der Waals surface area contributed by atoms with Crippen LogP contribution in [0.25, 0.3) is 10.8 Å². The lowest BCUT2D eigenvalue weighted by atomic mass is 10.1. The van der Waals surface area contributed by atoms with Crippen molar-refractivity contribution in [2.24, 2.45) is 0 Å². The molecule has 1 heterocycles. The van der Waals surface area contributed by atoms with Gasteiger partial charge in [-0.3, -0.25) is 9.52 Å². The van der Waals surface area contributed by atoms with Gasteiger partial charge < -0.3 is 14.8 Å². The highest BCUT2D eigenvalue weighted by molar-refractivity contribution is 7.92. The van der Waals surface area contributed by atoms with Crippen LogP contribution < -0.4 is 14.8 Å². The van der Waals surface area contributed by atoms with E-state index in [-0.39, 0.29) is 28.2 Å². The minimum Gasteiger partial charge on any atom is -0.497 e. The second-order valence-corrected chi connectivity index (χ2v) is 9.05. The summed E-state index contributed by atoms with van der Waals surface area (Å²) in [5.41, 5.74) is 0.483. The number of benzene rings is 3. The van der Waals surface area contributed by atoms with Crippen LogP contribution in [0.4, 0.5) is 5.69 Å². The molecular weight excluding hydrogens is 416 g/mol. The third kappa shape index (κ3) is 4.81. The standard InChI is InChI=1S/C23H24N2O5S/c1-29-18-10-8-17-14-20(11-9-16(17)13-18)31(27,28)25-22-7-3-2-6-21(22)23(26)24-15-19-5-4-12-30-19/h2-3,6-11,13-14,19,25H,4-5,12,15H2,1H3,(H,24,26)/t19-/m1/s1. The molecule has 1 atom stereocenters. The van der Waals surface area contributed by atoms with Gasteiger partial charge in [-0.1, -0.05) is 24.3 Å². The van der Waals surface area contributed by atoms with E-state index in [1.165, 1.54) is 6.07 Å². The van der Waals surface area contributed by atoms with Crippen LogP contribution in [0.5, 0.6) is 5.75 Å². The molecule has 0 radical (unpaired) electrons. The quantitative estimate of drug-likeness (QED) is 0.586. The second kappa shape index (κ2) is 8.95. The van der Waals surface area contributed by atoms with Crippen molar-refractivity contribution in [2.75, 3.05) is 25.0 Å². The Morgan fingerprint density at radius 3 is 2.65 bits per heavy atom. The van der Waals surface area contributed by atoms with Crippen LogP contribution in [0, 0.1) is 0 Å². The maximum absolute atomic E-state index is 13.0. The Bertz CT molecular complexity index is 1200. The highest BCUT2D eigenvalue weighted by Gasteiger charge is 2.21. The fourth-order valence-corrected chi connectivity index (χ4v) is 4.69. The van der Waals surface area contributed by atoms with Crippen molar-refractivity contribution in [1.82, 2.24) is 5.32 Å². The number of rotatable bonds is 7. The van der Waals surface area contributed by atoms with E-state index in [1.54, 1.807) is 55.6 Å². The maximum atomic E-state index is 13.0. The number of hydrogen-bond donors (Lipinski definition) is 2. The summed E-state index contributed by atoms with van der Waals surface area (Å²) in [5.74, 6) is 0.351. The van der Waals surface area contributed by atoms with Gasteiger partial charge in [-0.15, -0.1) is 0 Å². The molecule has 0 bridgehead atoms. The van der Waals surface area contributed by atoms with Crippen LogP contribution in [0.3, 0.4) is 0 Å². The Hall–Kier alpha value is -3.10.